The van der Waals surface area contributed by atoms with Crippen LogP contribution in [0.25, 0.3) is 0 Å². The van der Waals surface area contributed by atoms with Crippen molar-refractivity contribution >= 4 is 5.91 Å². The van der Waals surface area contributed by atoms with E-state index in [0.717, 1.165) is 19.5 Å². The van der Waals surface area contributed by atoms with Gasteiger partial charge in [-0.2, -0.15) is 0 Å². The highest BCUT2D eigenvalue weighted by molar-refractivity contribution is 5.77. The number of aliphatic hydroxyl groups is 1. The summed E-state index contributed by atoms with van der Waals surface area (Å²) in [5, 5.41) is 17.1. The highest BCUT2D eigenvalue weighted by Crippen LogP contribution is 2.21. The number of amides is 1. The average Bonchev–Trinajstić information content (AvgIpc) is 2.93. The van der Waals surface area contributed by atoms with Crippen LogP contribution in [0.3, 0.4) is 0 Å². The molecule has 1 saturated heterocycles. The minimum Gasteiger partial charge on any atom is -0.424 e. The fourth-order valence-electron chi connectivity index (χ4n) is 2.48. The van der Waals surface area contributed by atoms with Gasteiger partial charge in [0.25, 0.3) is 0 Å². The lowest BCUT2D eigenvalue weighted by atomic mass is 10.1. The van der Waals surface area contributed by atoms with Crippen molar-refractivity contribution in [2.45, 2.75) is 33.2 Å². The molecule has 118 valence electrons. The van der Waals surface area contributed by atoms with Crippen molar-refractivity contribution < 1.29 is 14.3 Å². The van der Waals surface area contributed by atoms with Crippen LogP contribution in [0.15, 0.2) is 4.42 Å². The third-order valence-electron chi connectivity index (χ3n) is 3.77. The zero-order valence-electron chi connectivity index (χ0n) is 12.9. The van der Waals surface area contributed by atoms with Crippen molar-refractivity contribution in [1.82, 2.24) is 20.0 Å². The van der Waals surface area contributed by atoms with Gasteiger partial charge in [0.1, 0.15) is 6.61 Å². The third-order valence-corrected chi connectivity index (χ3v) is 3.77. The second-order valence-corrected chi connectivity index (χ2v) is 5.88. The lowest BCUT2D eigenvalue weighted by molar-refractivity contribution is -0.136. The van der Waals surface area contributed by atoms with Crippen molar-refractivity contribution in [3.05, 3.63) is 11.8 Å². The van der Waals surface area contributed by atoms with Crippen molar-refractivity contribution in [1.29, 1.82) is 0 Å². The van der Waals surface area contributed by atoms with E-state index in [2.05, 4.69) is 28.9 Å². The number of rotatable bonds is 5. The minimum absolute atomic E-state index is 0.0461. The van der Waals surface area contributed by atoms with Gasteiger partial charge in [-0.05, 0) is 12.8 Å². The van der Waals surface area contributed by atoms with Crippen LogP contribution in [0, 0.1) is 5.92 Å². The molecule has 1 amide bonds. The lowest BCUT2D eigenvalue weighted by Crippen LogP contribution is -2.50. The zero-order valence-corrected chi connectivity index (χ0v) is 12.9. The van der Waals surface area contributed by atoms with E-state index in [-0.39, 0.29) is 11.9 Å². The van der Waals surface area contributed by atoms with Crippen LogP contribution in [0.2, 0.25) is 0 Å². The third kappa shape index (κ3) is 4.01. The Morgan fingerprint density at radius 2 is 1.90 bits per heavy atom. The van der Waals surface area contributed by atoms with Crippen LogP contribution < -0.4 is 0 Å². The standard InChI is InChI=1S/C14H24N4O3/c1-10(2)8-12-15-16-14(21-12)11(3)17-4-6-18(7-5-17)13(20)9-19/h10-11,19H,4-9H2,1-3H3. The number of piperazine rings is 1. The number of aliphatic hydroxyl groups excluding tert-OH is 1. The van der Waals surface area contributed by atoms with Gasteiger partial charge in [-0.25, -0.2) is 0 Å². The topological polar surface area (TPSA) is 82.7 Å². The predicted octanol–water partition coefficient (Wildman–Crippen LogP) is 0.466. The van der Waals surface area contributed by atoms with E-state index in [0.29, 0.717) is 30.8 Å². The molecule has 2 rings (SSSR count). The summed E-state index contributed by atoms with van der Waals surface area (Å²) in [6.07, 6.45) is 0.790. The Bertz CT molecular complexity index is 467. The first-order valence-electron chi connectivity index (χ1n) is 7.46. The van der Waals surface area contributed by atoms with Crippen molar-refractivity contribution in [2.75, 3.05) is 32.8 Å². The summed E-state index contributed by atoms with van der Waals surface area (Å²) in [5.74, 6) is 1.59. The second-order valence-electron chi connectivity index (χ2n) is 5.88. The van der Waals surface area contributed by atoms with Gasteiger partial charge in [0, 0.05) is 32.6 Å². The van der Waals surface area contributed by atoms with E-state index in [9.17, 15) is 4.79 Å². The Morgan fingerprint density at radius 3 is 2.48 bits per heavy atom. The zero-order chi connectivity index (χ0) is 15.4. The molecule has 1 unspecified atom stereocenters. The monoisotopic (exact) mass is 296 g/mol. The van der Waals surface area contributed by atoms with Crippen LogP contribution >= 0.6 is 0 Å². The fourth-order valence-corrected chi connectivity index (χ4v) is 2.48. The number of aromatic nitrogens is 2. The number of carbonyl (C=O) groups is 1. The molecule has 0 aromatic carbocycles. The molecule has 1 N–H and O–H groups in total. The van der Waals surface area contributed by atoms with Crippen LogP contribution in [0.5, 0.6) is 0 Å². The Hall–Kier alpha value is -1.47. The van der Waals surface area contributed by atoms with Gasteiger partial charge in [0.15, 0.2) is 0 Å². The molecule has 1 aliphatic heterocycles. The molecule has 0 spiro atoms. The Kier molecular flexibility index (Phi) is 5.30. The Balaban J connectivity index is 1.91. The molecular formula is C14H24N4O3. The Morgan fingerprint density at radius 1 is 1.24 bits per heavy atom. The predicted molar refractivity (Wildman–Crippen MR) is 76.5 cm³/mol. The van der Waals surface area contributed by atoms with Gasteiger partial charge in [-0.3, -0.25) is 9.69 Å². The molecule has 0 saturated carbocycles. The summed E-state index contributed by atoms with van der Waals surface area (Å²) in [6, 6.07) is 0.0461. The molecule has 0 radical (unpaired) electrons. The van der Waals surface area contributed by atoms with E-state index in [1.165, 1.54) is 0 Å². The van der Waals surface area contributed by atoms with E-state index < -0.39 is 6.61 Å². The number of hydrogen-bond donors (Lipinski definition) is 1. The molecule has 0 bridgehead atoms. The van der Waals surface area contributed by atoms with Crippen molar-refractivity contribution in [3.8, 4) is 0 Å². The van der Waals surface area contributed by atoms with Crippen LogP contribution in [0.4, 0.5) is 0 Å². The van der Waals surface area contributed by atoms with E-state index in [1.54, 1.807) is 4.90 Å². The molecule has 7 nitrogen and oxygen atoms in total. The lowest BCUT2D eigenvalue weighted by Gasteiger charge is -2.36. The summed E-state index contributed by atoms with van der Waals surface area (Å²) in [7, 11) is 0. The molecule has 1 aromatic heterocycles. The molecule has 2 heterocycles. The maximum atomic E-state index is 11.4. The first-order chi connectivity index (χ1) is 10.0. The number of carbonyl (C=O) groups excluding carboxylic acids is 1. The van der Waals surface area contributed by atoms with Gasteiger partial charge in [-0.1, -0.05) is 13.8 Å². The SMILES string of the molecule is CC(C)Cc1nnc(C(C)N2CCN(C(=O)CO)CC2)o1. The molecule has 1 fully saturated rings. The summed E-state index contributed by atoms with van der Waals surface area (Å²) in [5.41, 5.74) is 0. The minimum atomic E-state index is -0.419. The van der Waals surface area contributed by atoms with Crippen LogP contribution in [0.1, 0.15) is 38.6 Å². The van der Waals surface area contributed by atoms with E-state index in [4.69, 9.17) is 9.52 Å². The summed E-state index contributed by atoms with van der Waals surface area (Å²) >= 11 is 0. The molecular weight excluding hydrogens is 272 g/mol. The highest BCUT2D eigenvalue weighted by Gasteiger charge is 2.27. The maximum Gasteiger partial charge on any atom is 0.248 e. The molecule has 21 heavy (non-hydrogen) atoms. The van der Waals surface area contributed by atoms with Gasteiger partial charge < -0.3 is 14.4 Å². The van der Waals surface area contributed by atoms with Gasteiger partial charge in [-0.15, -0.1) is 10.2 Å². The Labute approximate surface area is 124 Å². The maximum absolute atomic E-state index is 11.4. The molecule has 1 aromatic rings. The summed E-state index contributed by atoms with van der Waals surface area (Å²) < 4.78 is 5.72. The van der Waals surface area contributed by atoms with Gasteiger partial charge in [0.05, 0.1) is 6.04 Å². The molecule has 1 aliphatic rings. The first kappa shape index (κ1) is 15.9. The molecule has 7 heteroatoms. The summed E-state index contributed by atoms with van der Waals surface area (Å²) in [4.78, 5) is 15.3. The number of hydrogen-bond acceptors (Lipinski definition) is 6. The highest BCUT2D eigenvalue weighted by atomic mass is 16.4. The van der Waals surface area contributed by atoms with Gasteiger partial charge >= 0.3 is 0 Å². The largest absolute Gasteiger partial charge is 0.424 e. The quantitative estimate of drug-likeness (QED) is 0.850. The summed E-state index contributed by atoms with van der Waals surface area (Å²) in [6.45, 7) is 8.58. The average molecular weight is 296 g/mol. The normalized spacial score (nSPS) is 18.2. The molecule has 1 atom stereocenters. The van der Waals surface area contributed by atoms with E-state index >= 15 is 0 Å². The fraction of sp³-hybridized carbons (Fsp3) is 0.786. The van der Waals surface area contributed by atoms with Crippen molar-refractivity contribution in [2.24, 2.45) is 5.92 Å². The first-order valence-corrected chi connectivity index (χ1v) is 7.46. The van der Waals surface area contributed by atoms with Crippen LogP contribution in [-0.4, -0.2) is 63.8 Å². The van der Waals surface area contributed by atoms with Gasteiger partial charge in [0.2, 0.25) is 17.7 Å². The van der Waals surface area contributed by atoms with Crippen LogP contribution in [-0.2, 0) is 11.2 Å². The van der Waals surface area contributed by atoms with E-state index in [1.807, 2.05) is 6.92 Å². The molecule has 0 aliphatic carbocycles. The smallest absolute Gasteiger partial charge is 0.248 e. The number of nitrogens with zero attached hydrogens (tertiary/aromatic N) is 4. The second kappa shape index (κ2) is 7.00. The van der Waals surface area contributed by atoms with Crippen molar-refractivity contribution in [3.63, 3.8) is 0 Å².